The minimum Gasteiger partial charge on any atom is -0.360 e. The van der Waals surface area contributed by atoms with Gasteiger partial charge < -0.3 is 9.80 Å². The van der Waals surface area contributed by atoms with Crippen molar-refractivity contribution in [1.82, 2.24) is 0 Å². The molecule has 1 N–H and O–H groups in total. The van der Waals surface area contributed by atoms with Crippen LogP contribution in [0, 0.1) is 20.8 Å². The molecule has 21 heavy (non-hydrogen) atoms. The minimum atomic E-state index is 1.17. The molecule has 0 unspecified atom stereocenters. The number of benzene rings is 1. The van der Waals surface area contributed by atoms with Crippen LogP contribution in [-0.4, -0.2) is 26.2 Å². The van der Waals surface area contributed by atoms with Crippen LogP contribution in [0.3, 0.4) is 0 Å². The zero-order valence-corrected chi connectivity index (χ0v) is 14.1. The van der Waals surface area contributed by atoms with E-state index in [1.807, 2.05) is 11.3 Å². The van der Waals surface area contributed by atoms with Crippen LogP contribution in [-0.2, 0) is 6.54 Å². The molecule has 1 saturated heterocycles. The summed E-state index contributed by atoms with van der Waals surface area (Å²) in [6.07, 6.45) is 0. The Morgan fingerprint density at radius 1 is 1.05 bits per heavy atom. The lowest BCUT2D eigenvalue weighted by Gasteiger charge is -2.34. The number of thiophene rings is 1. The Hall–Kier alpha value is -1.32. The van der Waals surface area contributed by atoms with E-state index in [9.17, 15) is 0 Å². The smallest absolute Gasteiger partial charge is 0.112 e. The van der Waals surface area contributed by atoms with Gasteiger partial charge in [0.15, 0.2) is 0 Å². The standard InChI is InChI=1S/C18H24N2S/c1-14-5-4-6-17(16(14)3)20-10-8-19(9-11-20)13-18-15(2)7-12-21-18/h4-7,12H,8-11,13H2,1-3H3/p+1. The van der Waals surface area contributed by atoms with E-state index in [4.69, 9.17) is 0 Å². The highest BCUT2D eigenvalue weighted by Crippen LogP contribution is 2.22. The van der Waals surface area contributed by atoms with Crippen LogP contribution in [0.25, 0.3) is 0 Å². The van der Waals surface area contributed by atoms with Crippen LogP contribution in [0.1, 0.15) is 21.6 Å². The van der Waals surface area contributed by atoms with Gasteiger partial charge >= 0.3 is 0 Å². The average Bonchev–Trinajstić information content (AvgIpc) is 2.88. The predicted octanol–water partition coefficient (Wildman–Crippen LogP) is 2.58. The Labute approximate surface area is 132 Å². The van der Waals surface area contributed by atoms with Crippen molar-refractivity contribution in [3.8, 4) is 0 Å². The van der Waals surface area contributed by atoms with Gasteiger partial charge in [-0.25, -0.2) is 0 Å². The third-order valence-corrected chi connectivity index (χ3v) is 5.79. The van der Waals surface area contributed by atoms with Crippen molar-refractivity contribution in [2.75, 3.05) is 31.1 Å². The summed E-state index contributed by atoms with van der Waals surface area (Å²) in [7, 11) is 0. The van der Waals surface area contributed by atoms with Crippen molar-refractivity contribution in [3.63, 3.8) is 0 Å². The van der Waals surface area contributed by atoms with Crippen molar-refractivity contribution >= 4 is 17.0 Å². The number of anilines is 1. The lowest BCUT2D eigenvalue weighted by Crippen LogP contribution is -3.13. The van der Waals surface area contributed by atoms with Crippen molar-refractivity contribution in [3.05, 3.63) is 51.2 Å². The van der Waals surface area contributed by atoms with E-state index in [-0.39, 0.29) is 0 Å². The summed E-state index contributed by atoms with van der Waals surface area (Å²) in [5.41, 5.74) is 5.73. The molecule has 3 heteroatoms. The largest absolute Gasteiger partial charge is 0.360 e. The van der Waals surface area contributed by atoms with Gasteiger partial charge in [0.25, 0.3) is 0 Å². The highest BCUT2D eigenvalue weighted by molar-refractivity contribution is 7.10. The third-order valence-electron chi connectivity index (χ3n) is 4.77. The second-order valence-corrected chi connectivity index (χ2v) is 7.16. The predicted molar refractivity (Wildman–Crippen MR) is 91.6 cm³/mol. The summed E-state index contributed by atoms with van der Waals surface area (Å²) in [6.45, 7) is 12.7. The van der Waals surface area contributed by atoms with E-state index >= 15 is 0 Å². The molecule has 2 heterocycles. The molecule has 0 aliphatic carbocycles. The first-order valence-electron chi connectivity index (χ1n) is 7.83. The number of hydrogen-bond donors (Lipinski definition) is 1. The molecule has 1 fully saturated rings. The van der Waals surface area contributed by atoms with Crippen LogP contribution >= 0.6 is 11.3 Å². The van der Waals surface area contributed by atoms with Gasteiger partial charge in [0.2, 0.25) is 0 Å². The molecule has 0 saturated carbocycles. The zero-order valence-electron chi connectivity index (χ0n) is 13.3. The molecule has 0 bridgehead atoms. The van der Waals surface area contributed by atoms with Crippen molar-refractivity contribution < 1.29 is 4.90 Å². The van der Waals surface area contributed by atoms with Gasteiger partial charge in [-0.3, -0.25) is 0 Å². The van der Waals surface area contributed by atoms with E-state index in [1.54, 1.807) is 9.78 Å². The minimum absolute atomic E-state index is 1.17. The molecule has 0 spiro atoms. The Morgan fingerprint density at radius 2 is 1.81 bits per heavy atom. The highest BCUT2D eigenvalue weighted by atomic mass is 32.1. The SMILES string of the molecule is Cc1ccsc1C[NH+]1CCN(c2cccc(C)c2C)CC1. The Bertz CT molecular complexity index is 609. The van der Waals surface area contributed by atoms with E-state index in [0.717, 1.165) is 0 Å². The summed E-state index contributed by atoms with van der Waals surface area (Å²) in [5.74, 6) is 0. The van der Waals surface area contributed by atoms with Gasteiger partial charge in [-0.2, -0.15) is 0 Å². The summed E-state index contributed by atoms with van der Waals surface area (Å²) < 4.78 is 0. The second-order valence-electron chi connectivity index (χ2n) is 6.16. The topological polar surface area (TPSA) is 7.68 Å². The van der Waals surface area contributed by atoms with E-state index in [0.29, 0.717) is 0 Å². The number of quaternary nitrogens is 1. The zero-order chi connectivity index (χ0) is 14.8. The number of nitrogens with zero attached hydrogens (tertiary/aromatic N) is 1. The maximum absolute atomic E-state index is 2.56. The number of hydrogen-bond acceptors (Lipinski definition) is 2. The van der Waals surface area contributed by atoms with Gasteiger partial charge in [0.05, 0.1) is 31.1 Å². The molecule has 0 atom stereocenters. The third kappa shape index (κ3) is 3.14. The maximum atomic E-state index is 2.56. The first-order valence-corrected chi connectivity index (χ1v) is 8.71. The molecule has 0 radical (unpaired) electrons. The molecular formula is C18H25N2S+. The monoisotopic (exact) mass is 301 g/mol. The van der Waals surface area contributed by atoms with Crippen LogP contribution in [0.5, 0.6) is 0 Å². The number of nitrogens with one attached hydrogen (secondary N) is 1. The number of rotatable bonds is 3. The Morgan fingerprint density at radius 3 is 2.48 bits per heavy atom. The summed E-state index contributed by atoms with van der Waals surface area (Å²) >= 11 is 1.91. The van der Waals surface area contributed by atoms with Crippen LogP contribution in [0.2, 0.25) is 0 Å². The number of aryl methyl sites for hydroxylation is 2. The average molecular weight is 301 g/mol. The summed E-state index contributed by atoms with van der Waals surface area (Å²) in [4.78, 5) is 5.85. The van der Waals surface area contributed by atoms with Gasteiger partial charge in [0.1, 0.15) is 6.54 Å². The molecule has 1 aromatic carbocycles. The lowest BCUT2D eigenvalue weighted by atomic mass is 10.1. The Balaban J connectivity index is 1.63. The van der Waals surface area contributed by atoms with Crippen LogP contribution in [0.4, 0.5) is 5.69 Å². The molecule has 2 aromatic rings. The highest BCUT2D eigenvalue weighted by Gasteiger charge is 2.22. The number of piperazine rings is 1. The van der Waals surface area contributed by atoms with E-state index < -0.39 is 0 Å². The fourth-order valence-corrected chi connectivity index (χ4v) is 4.11. The molecular weight excluding hydrogens is 276 g/mol. The molecule has 1 aliphatic rings. The van der Waals surface area contributed by atoms with Crippen LogP contribution < -0.4 is 9.80 Å². The second kappa shape index (κ2) is 6.20. The quantitative estimate of drug-likeness (QED) is 0.915. The lowest BCUT2D eigenvalue weighted by molar-refractivity contribution is -0.914. The summed E-state index contributed by atoms with van der Waals surface area (Å²) in [6, 6.07) is 8.91. The summed E-state index contributed by atoms with van der Waals surface area (Å²) in [5, 5.41) is 2.22. The fraction of sp³-hybridized carbons (Fsp3) is 0.444. The first-order chi connectivity index (χ1) is 10.1. The van der Waals surface area contributed by atoms with Gasteiger partial charge in [-0.05, 0) is 55.0 Å². The molecule has 2 nitrogen and oxygen atoms in total. The molecule has 3 rings (SSSR count). The van der Waals surface area contributed by atoms with E-state index in [1.165, 1.54) is 55.1 Å². The van der Waals surface area contributed by atoms with Crippen LogP contribution in [0.15, 0.2) is 29.6 Å². The van der Waals surface area contributed by atoms with E-state index in [2.05, 4.69) is 55.3 Å². The normalized spacial score (nSPS) is 16.4. The van der Waals surface area contributed by atoms with Gasteiger partial charge in [0, 0.05) is 5.69 Å². The molecule has 112 valence electrons. The van der Waals surface area contributed by atoms with Crippen molar-refractivity contribution in [1.29, 1.82) is 0 Å². The molecule has 1 aliphatic heterocycles. The van der Waals surface area contributed by atoms with Crippen molar-refractivity contribution in [2.45, 2.75) is 27.3 Å². The Kier molecular flexibility index (Phi) is 4.32. The first kappa shape index (κ1) is 14.6. The van der Waals surface area contributed by atoms with Gasteiger partial charge in [-0.1, -0.05) is 12.1 Å². The molecule has 1 aromatic heterocycles. The maximum Gasteiger partial charge on any atom is 0.112 e. The van der Waals surface area contributed by atoms with Crippen molar-refractivity contribution in [2.24, 2.45) is 0 Å². The van der Waals surface area contributed by atoms with Gasteiger partial charge in [-0.15, -0.1) is 11.3 Å². The fourth-order valence-electron chi connectivity index (χ4n) is 3.13. The molecule has 0 amide bonds.